The maximum absolute atomic E-state index is 11.7. The third kappa shape index (κ3) is 7.28. The molecule has 1 amide bonds. The van der Waals surface area contributed by atoms with Gasteiger partial charge in [0.25, 0.3) is 0 Å². The van der Waals surface area contributed by atoms with Gasteiger partial charge < -0.3 is 10.1 Å². The van der Waals surface area contributed by atoms with E-state index in [1.54, 1.807) is 0 Å². The maximum Gasteiger partial charge on any atom is 0.220 e. The Hall–Kier alpha value is -1.35. The smallest absolute Gasteiger partial charge is 0.220 e. The molecule has 1 aromatic carbocycles. The lowest BCUT2D eigenvalue weighted by atomic mass is 9.86. The van der Waals surface area contributed by atoms with Crippen LogP contribution in [0.4, 0.5) is 0 Å². The molecule has 1 aromatic rings. The van der Waals surface area contributed by atoms with Crippen molar-refractivity contribution in [2.75, 3.05) is 13.2 Å². The van der Waals surface area contributed by atoms with E-state index < -0.39 is 0 Å². The number of rotatable bonds is 7. The molecule has 0 saturated heterocycles. The van der Waals surface area contributed by atoms with Crippen LogP contribution in [0.3, 0.4) is 0 Å². The van der Waals surface area contributed by atoms with Crippen LogP contribution in [0.2, 0.25) is 0 Å². The van der Waals surface area contributed by atoms with Gasteiger partial charge in [-0.05, 0) is 36.8 Å². The SMILES string of the molecule is CC(C)OCCNC(=O)CCc1ccc(C(C)(C)C)cc1. The Bertz CT molecular complexity index is 430. The molecule has 1 N–H and O–H groups in total. The molecule has 0 heterocycles. The summed E-state index contributed by atoms with van der Waals surface area (Å²) in [6.07, 6.45) is 1.51. The van der Waals surface area contributed by atoms with E-state index in [9.17, 15) is 4.79 Å². The number of ether oxygens (including phenoxy) is 1. The fourth-order valence-electron chi connectivity index (χ4n) is 2.00. The van der Waals surface area contributed by atoms with Gasteiger partial charge in [0.05, 0.1) is 12.7 Å². The molecule has 0 aliphatic rings. The standard InChI is InChI=1S/C18H29NO2/c1-14(2)21-13-12-19-17(20)11-8-15-6-9-16(10-7-15)18(3,4)5/h6-7,9-10,14H,8,11-13H2,1-5H3,(H,19,20). The summed E-state index contributed by atoms with van der Waals surface area (Å²) in [6, 6.07) is 8.55. The lowest BCUT2D eigenvalue weighted by Gasteiger charge is -2.19. The molecule has 0 spiro atoms. The van der Waals surface area contributed by atoms with Crippen LogP contribution in [0, 0.1) is 0 Å². The third-order valence-electron chi connectivity index (χ3n) is 3.34. The highest BCUT2D eigenvalue weighted by Crippen LogP contribution is 2.22. The highest BCUT2D eigenvalue weighted by atomic mass is 16.5. The minimum atomic E-state index is 0.0854. The Morgan fingerprint density at radius 2 is 1.81 bits per heavy atom. The van der Waals surface area contributed by atoms with Gasteiger partial charge in [0, 0.05) is 13.0 Å². The number of hydrogen-bond donors (Lipinski definition) is 1. The van der Waals surface area contributed by atoms with Crippen molar-refractivity contribution >= 4 is 5.91 Å². The summed E-state index contributed by atoms with van der Waals surface area (Å²) in [6.45, 7) is 11.7. The van der Waals surface area contributed by atoms with E-state index in [-0.39, 0.29) is 17.4 Å². The molecule has 0 aliphatic heterocycles. The van der Waals surface area contributed by atoms with Gasteiger partial charge in [0.2, 0.25) is 5.91 Å². The zero-order valence-electron chi connectivity index (χ0n) is 14.0. The van der Waals surface area contributed by atoms with Crippen LogP contribution >= 0.6 is 0 Å². The van der Waals surface area contributed by atoms with Gasteiger partial charge in [-0.3, -0.25) is 4.79 Å². The highest BCUT2D eigenvalue weighted by Gasteiger charge is 2.12. The Kier molecular flexibility index (Phi) is 6.90. The highest BCUT2D eigenvalue weighted by molar-refractivity contribution is 5.76. The number of benzene rings is 1. The molecule has 0 radical (unpaired) electrons. The molecule has 118 valence electrons. The summed E-state index contributed by atoms with van der Waals surface area (Å²) in [5, 5.41) is 2.88. The predicted octanol–water partition coefficient (Wildman–Crippen LogP) is 3.46. The second kappa shape index (κ2) is 8.18. The molecule has 0 unspecified atom stereocenters. The summed E-state index contributed by atoms with van der Waals surface area (Å²) in [7, 11) is 0. The van der Waals surface area contributed by atoms with Crippen LogP contribution < -0.4 is 5.32 Å². The van der Waals surface area contributed by atoms with E-state index >= 15 is 0 Å². The number of amides is 1. The molecule has 0 aliphatic carbocycles. The van der Waals surface area contributed by atoms with E-state index in [4.69, 9.17) is 4.74 Å². The summed E-state index contributed by atoms with van der Waals surface area (Å²) in [5.41, 5.74) is 2.70. The van der Waals surface area contributed by atoms with Crippen molar-refractivity contribution in [1.29, 1.82) is 0 Å². The largest absolute Gasteiger partial charge is 0.377 e. The van der Waals surface area contributed by atoms with Crippen LogP contribution in [-0.4, -0.2) is 25.2 Å². The van der Waals surface area contributed by atoms with Crippen LogP contribution in [0.5, 0.6) is 0 Å². The number of carbonyl (C=O) groups excluding carboxylic acids is 1. The molecule has 21 heavy (non-hydrogen) atoms. The molecule has 3 nitrogen and oxygen atoms in total. The van der Waals surface area contributed by atoms with Crippen molar-refractivity contribution in [3.8, 4) is 0 Å². The number of carbonyl (C=O) groups is 1. The van der Waals surface area contributed by atoms with E-state index in [0.717, 1.165) is 6.42 Å². The van der Waals surface area contributed by atoms with Gasteiger partial charge in [-0.15, -0.1) is 0 Å². The molecular formula is C18H29NO2. The lowest BCUT2D eigenvalue weighted by molar-refractivity contribution is -0.121. The Morgan fingerprint density at radius 1 is 1.19 bits per heavy atom. The minimum Gasteiger partial charge on any atom is -0.377 e. The van der Waals surface area contributed by atoms with Crippen LogP contribution in [0.25, 0.3) is 0 Å². The number of hydrogen-bond acceptors (Lipinski definition) is 2. The van der Waals surface area contributed by atoms with Crippen molar-refractivity contribution in [3.05, 3.63) is 35.4 Å². The average Bonchev–Trinajstić information content (AvgIpc) is 2.40. The molecular weight excluding hydrogens is 262 g/mol. The first kappa shape index (κ1) is 17.7. The van der Waals surface area contributed by atoms with Gasteiger partial charge in [-0.25, -0.2) is 0 Å². The fourth-order valence-corrected chi connectivity index (χ4v) is 2.00. The Morgan fingerprint density at radius 3 is 2.33 bits per heavy atom. The Balaban J connectivity index is 2.30. The maximum atomic E-state index is 11.7. The van der Waals surface area contributed by atoms with Crippen LogP contribution in [-0.2, 0) is 21.4 Å². The van der Waals surface area contributed by atoms with Crippen molar-refractivity contribution in [2.24, 2.45) is 0 Å². The third-order valence-corrected chi connectivity index (χ3v) is 3.34. The van der Waals surface area contributed by atoms with Crippen molar-refractivity contribution in [1.82, 2.24) is 5.32 Å². The molecule has 0 aromatic heterocycles. The fraction of sp³-hybridized carbons (Fsp3) is 0.611. The van der Waals surface area contributed by atoms with Crippen LogP contribution in [0.15, 0.2) is 24.3 Å². The molecule has 0 fully saturated rings. The zero-order valence-corrected chi connectivity index (χ0v) is 14.0. The first-order valence-electron chi connectivity index (χ1n) is 7.77. The van der Waals surface area contributed by atoms with Crippen molar-refractivity contribution in [2.45, 2.75) is 59.0 Å². The van der Waals surface area contributed by atoms with Gasteiger partial charge in [-0.1, -0.05) is 45.0 Å². The molecule has 0 saturated carbocycles. The molecule has 0 atom stereocenters. The first-order valence-corrected chi connectivity index (χ1v) is 7.77. The molecule has 0 bridgehead atoms. The predicted molar refractivity (Wildman–Crippen MR) is 87.6 cm³/mol. The quantitative estimate of drug-likeness (QED) is 0.781. The minimum absolute atomic E-state index is 0.0854. The molecule has 3 heteroatoms. The zero-order chi connectivity index (χ0) is 15.9. The average molecular weight is 291 g/mol. The van der Waals surface area contributed by atoms with E-state index in [0.29, 0.717) is 19.6 Å². The van der Waals surface area contributed by atoms with Gasteiger partial charge in [0.15, 0.2) is 0 Å². The second-order valence-corrected chi connectivity index (χ2v) is 6.72. The van der Waals surface area contributed by atoms with E-state index in [2.05, 4.69) is 50.4 Å². The van der Waals surface area contributed by atoms with E-state index in [1.165, 1.54) is 11.1 Å². The number of nitrogens with one attached hydrogen (secondary N) is 1. The summed E-state index contributed by atoms with van der Waals surface area (Å²) >= 11 is 0. The summed E-state index contributed by atoms with van der Waals surface area (Å²) in [5.74, 6) is 0.0854. The lowest BCUT2D eigenvalue weighted by Crippen LogP contribution is -2.28. The van der Waals surface area contributed by atoms with Crippen molar-refractivity contribution in [3.63, 3.8) is 0 Å². The van der Waals surface area contributed by atoms with Crippen molar-refractivity contribution < 1.29 is 9.53 Å². The Labute approximate surface area is 129 Å². The van der Waals surface area contributed by atoms with Gasteiger partial charge in [0.1, 0.15) is 0 Å². The van der Waals surface area contributed by atoms with Crippen LogP contribution in [0.1, 0.15) is 52.2 Å². The topological polar surface area (TPSA) is 38.3 Å². The van der Waals surface area contributed by atoms with Gasteiger partial charge >= 0.3 is 0 Å². The second-order valence-electron chi connectivity index (χ2n) is 6.72. The first-order chi connectivity index (χ1) is 9.79. The number of aryl methyl sites for hydroxylation is 1. The summed E-state index contributed by atoms with van der Waals surface area (Å²) < 4.78 is 5.39. The normalized spacial score (nSPS) is 11.7. The monoisotopic (exact) mass is 291 g/mol. The summed E-state index contributed by atoms with van der Waals surface area (Å²) in [4.78, 5) is 11.7. The molecule has 1 rings (SSSR count). The van der Waals surface area contributed by atoms with Gasteiger partial charge in [-0.2, -0.15) is 0 Å². The van der Waals surface area contributed by atoms with E-state index in [1.807, 2.05) is 13.8 Å².